The molecule has 2 heterocycles. The van der Waals surface area contributed by atoms with E-state index in [1.807, 2.05) is 26.0 Å². The molecule has 0 bridgehead atoms. The van der Waals surface area contributed by atoms with Crippen LogP contribution in [-0.4, -0.2) is 14.5 Å². The van der Waals surface area contributed by atoms with E-state index < -0.39 is 5.69 Å². The van der Waals surface area contributed by atoms with E-state index in [1.165, 1.54) is 0 Å². The number of aromatic nitrogens is 3. The molecule has 0 atom stereocenters. The van der Waals surface area contributed by atoms with Crippen molar-refractivity contribution in [3.05, 3.63) is 68.5 Å². The summed E-state index contributed by atoms with van der Waals surface area (Å²) in [5.41, 5.74) is 2.02. The van der Waals surface area contributed by atoms with Crippen LogP contribution in [0, 0.1) is 13.8 Å². The second kappa shape index (κ2) is 4.45. The molecule has 20 heavy (non-hydrogen) atoms. The lowest BCUT2D eigenvalue weighted by atomic mass is 10.1. The van der Waals surface area contributed by atoms with Crippen LogP contribution in [0.4, 0.5) is 0 Å². The minimum Gasteiger partial charge on any atom is -0.291 e. The molecule has 5 nitrogen and oxygen atoms in total. The van der Waals surface area contributed by atoms with Gasteiger partial charge in [0.05, 0.1) is 11.1 Å². The molecule has 2 aromatic heterocycles. The molecular weight excluding hydrogens is 254 g/mol. The van der Waals surface area contributed by atoms with Gasteiger partial charge in [-0.15, -0.1) is 0 Å². The van der Waals surface area contributed by atoms with Crippen molar-refractivity contribution in [2.24, 2.45) is 0 Å². The Morgan fingerprint density at radius 2 is 1.95 bits per heavy atom. The molecule has 3 rings (SSSR count). The first-order valence-corrected chi connectivity index (χ1v) is 6.25. The number of nitrogens with one attached hydrogen (secondary N) is 1. The lowest BCUT2D eigenvalue weighted by Crippen LogP contribution is -2.34. The summed E-state index contributed by atoms with van der Waals surface area (Å²) in [6.45, 7) is 3.84. The van der Waals surface area contributed by atoms with Gasteiger partial charge in [0, 0.05) is 6.20 Å². The van der Waals surface area contributed by atoms with E-state index in [9.17, 15) is 9.59 Å². The third-order valence-corrected chi connectivity index (χ3v) is 3.26. The predicted molar refractivity (Wildman–Crippen MR) is 77.4 cm³/mol. The van der Waals surface area contributed by atoms with Gasteiger partial charge < -0.3 is 0 Å². The highest BCUT2D eigenvalue weighted by Gasteiger charge is 2.11. The van der Waals surface area contributed by atoms with Crippen LogP contribution in [-0.2, 0) is 0 Å². The summed E-state index contributed by atoms with van der Waals surface area (Å²) in [4.78, 5) is 31.3. The van der Waals surface area contributed by atoms with Gasteiger partial charge in [-0.05, 0) is 37.6 Å². The number of H-pyrrole nitrogens is 1. The number of nitrogens with zero attached hydrogens (tertiary/aromatic N) is 2. The minimum absolute atomic E-state index is 0.309. The van der Waals surface area contributed by atoms with Crippen molar-refractivity contribution in [1.82, 2.24) is 14.5 Å². The Morgan fingerprint density at radius 1 is 1.15 bits per heavy atom. The summed E-state index contributed by atoms with van der Waals surface area (Å²) in [5.74, 6) is 0. The molecule has 1 N–H and O–H groups in total. The lowest BCUT2D eigenvalue weighted by molar-refractivity contribution is 0.887. The average molecular weight is 267 g/mol. The molecule has 1 aromatic carbocycles. The highest BCUT2D eigenvalue weighted by atomic mass is 16.2. The highest BCUT2D eigenvalue weighted by molar-refractivity contribution is 5.73. The number of rotatable bonds is 1. The fourth-order valence-corrected chi connectivity index (χ4v) is 2.32. The maximum absolute atomic E-state index is 12.5. The molecule has 100 valence electrons. The van der Waals surface area contributed by atoms with E-state index in [0.717, 1.165) is 15.7 Å². The smallest absolute Gasteiger partial charge is 0.291 e. The minimum atomic E-state index is -0.479. The number of hydrogen-bond acceptors (Lipinski definition) is 3. The van der Waals surface area contributed by atoms with E-state index in [-0.39, 0.29) is 5.56 Å². The van der Waals surface area contributed by atoms with Crippen molar-refractivity contribution in [3.63, 3.8) is 0 Å². The van der Waals surface area contributed by atoms with Gasteiger partial charge in [-0.3, -0.25) is 9.78 Å². The quantitative estimate of drug-likeness (QED) is 0.729. The Morgan fingerprint density at radius 3 is 2.70 bits per heavy atom. The average Bonchev–Trinajstić information content (AvgIpc) is 2.41. The second-order valence-electron chi connectivity index (χ2n) is 4.76. The Kier molecular flexibility index (Phi) is 2.75. The first-order valence-electron chi connectivity index (χ1n) is 6.25. The number of aryl methyl sites for hydroxylation is 2. The zero-order valence-corrected chi connectivity index (χ0v) is 11.2. The van der Waals surface area contributed by atoms with Crippen LogP contribution in [0.5, 0.6) is 0 Å². The first-order chi connectivity index (χ1) is 9.58. The number of pyridine rings is 1. The summed E-state index contributed by atoms with van der Waals surface area (Å²) < 4.78 is 1.15. The van der Waals surface area contributed by atoms with Crippen molar-refractivity contribution in [3.8, 4) is 5.69 Å². The fraction of sp³-hybridized carbons (Fsp3) is 0.133. The number of benzene rings is 1. The topological polar surface area (TPSA) is 67.8 Å². The molecule has 0 amide bonds. The zero-order valence-electron chi connectivity index (χ0n) is 11.2. The maximum atomic E-state index is 12.5. The largest absolute Gasteiger partial charge is 0.334 e. The Labute approximate surface area is 114 Å². The monoisotopic (exact) mass is 267 g/mol. The molecular formula is C15H13N3O2. The van der Waals surface area contributed by atoms with Crippen molar-refractivity contribution in [2.45, 2.75) is 13.8 Å². The standard InChI is InChI=1S/C15H13N3O2/c1-9-5-6-12(10(2)8-9)18-14(19)11-4-3-7-16-13(11)17-15(18)20/h3-8H,1-2H3,(H,16,17,20). The summed E-state index contributed by atoms with van der Waals surface area (Å²) in [7, 11) is 0. The Bertz CT molecular complexity index is 922. The first kappa shape index (κ1) is 12.3. The van der Waals surface area contributed by atoms with Gasteiger partial charge in [0.1, 0.15) is 5.65 Å². The van der Waals surface area contributed by atoms with E-state index in [4.69, 9.17) is 0 Å². The molecule has 0 aliphatic carbocycles. The molecule has 0 fully saturated rings. The maximum Gasteiger partial charge on any atom is 0.334 e. The molecule has 0 spiro atoms. The number of aromatic amines is 1. The third-order valence-electron chi connectivity index (χ3n) is 3.26. The van der Waals surface area contributed by atoms with Crippen molar-refractivity contribution >= 4 is 11.0 Å². The Hall–Kier alpha value is -2.69. The van der Waals surface area contributed by atoms with Crippen molar-refractivity contribution < 1.29 is 0 Å². The number of hydrogen-bond donors (Lipinski definition) is 1. The molecule has 0 saturated carbocycles. The predicted octanol–water partition coefficient (Wildman–Crippen LogP) is 1.69. The molecule has 0 radical (unpaired) electrons. The van der Waals surface area contributed by atoms with Gasteiger partial charge in [-0.1, -0.05) is 17.7 Å². The third kappa shape index (κ3) is 1.84. The van der Waals surface area contributed by atoms with Crippen LogP contribution < -0.4 is 11.2 Å². The zero-order chi connectivity index (χ0) is 14.3. The van der Waals surface area contributed by atoms with E-state index >= 15 is 0 Å². The van der Waals surface area contributed by atoms with Crippen molar-refractivity contribution in [1.29, 1.82) is 0 Å². The fourth-order valence-electron chi connectivity index (χ4n) is 2.32. The highest BCUT2D eigenvalue weighted by Crippen LogP contribution is 2.13. The van der Waals surface area contributed by atoms with Gasteiger partial charge in [0.2, 0.25) is 0 Å². The van der Waals surface area contributed by atoms with Gasteiger partial charge in [0.15, 0.2) is 0 Å². The second-order valence-corrected chi connectivity index (χ2v) is 4.76. The van der Waals surface area contributed by atoms with E-state index in [0.29, 0.717) is 16.7 Å². The van der Waals surface area contributed by atoms with E-state index in [2.05, 4.69) is 9.97 Å². The molecule has 0 aliphatic rings. The SMILES string of the molecule is Cc1ccc(-n2c(=O)[nH]c3ncccc3c2=O)c(C)c1. The summed E-state index contributed by atoms with van der Waals surface area (Å²) in [6.07, 6.45) is 1.54. The molecule has 0 unspecified atom stereocenters. The van der Waals surface area contributed by atoms with Crippen LogP contribution in [0.3, 0.4) is 0 Å². The summed E-state index contributed by atoms with van der Waals surface area (Å²) >= 11 is 0. The van der Waals surface area contributed by atoms with Gasteiger partial charge >= 0.3 is 5.69 Å². The molecule has 3 aromatic rings. The van der Waals surface area contributed by atoms with Gasteiger partial charge in [-0.25, -0.2) is 14.3 Å². The summed E-state index contributed by atoms with van der Waals surface area (Å²) in [6, 6.07) is 8.93. The number of fused-ring (bicyclic) bond motifs is 1. The molecule has 0 saturated heterocycles. The van der Waals surface area contributed by atoms with Crippen LogP contribution >= 0.6 is 0 Å². The Balaban J connectivity index is 2.43. The molecule has 0 aliphatic heterocycles. The van der Waals surface area contributed by atoms with E-state index in [1.54, 1.807) is 24.4 Å². The van der Waals surface area contributed by atoms with Crippen LogP contribution in [0.15, 0.2) is 46.1 Å². The lowest BCUT2D eigenvalue weighted by Gasteiger charge is -2.09. The molecule has 5 heteroatoms. The van der Waals surface area contributed by atoms with Gasteiger partial charge in [-0.2, -0.15) is 0 Å². The van der Waals surface area contributed by atoms with Crippen LogP contribution in [0.1, 0.15) is 11.1 Å². The van der Waals surface area contributed by atoms with Crippen LogP contribution in [0.2, 0.25) is 0 Å². The summed E-state index contributed by atoms with van der Waals surface area (Å²) in [5, 5.41) is 0.395. The normalized spacial score (nSPS) is 10.9. The van der Waals surface area contributed by atoms with Crippen molar-refractivity contribution in [2.75, 3.05) is 0 Å². The van der Waals surface area contributed by atoms with Crippen LogP contribution in [0.25, 0.3) is 16.7 Å². The van der Waals surface area contributed by atoms with Gasteiger partial charge in [0.25, 0.3) is 5.56 Å².